The van der Waals surface area contributed by atoms with Crippen LogP contribution in [0.3, 0.4) is 0 Å². The van der Waals surface area contributed by atoms with Gasteiger partial charge in [-0.15, -0.1) is 0 Å². The van der Waals surface area contributed by atoms with Gasteiger partial charge >= 0.3 is 0 Å². The van der Waals surface area contributed by atoms with E-state index in [0.717, 1.165) is 12.8 Å². The van der Waals surface area contributed by atoms with Gasteiger partial charge in [0, 0.05) is 6.04 Å². The van der Waals surface area contributed by atoms with Crippen molar-refractivity contribution in [3.63, 3.8) is 0 Å². The zero-order valence-electron chi connectivity index (χ0n) is 12.6. The quantitative estimate of drug-likeness (QED) is 0.811. The second-order valence-corrected chi connectivity index (χ2v) is 6.56. The summed E-state index contributed by atoms with van der Waals surface area (Å²) >= 11 is 0. The van der Waals surface area contributed by atoms with Gasteiger partial charge in [0.15, 0.2) is 0 Å². The van der Waals surface area contributed by atoms with Crippen molar-refractivity contribution < 1.29 is 4.79 Å². The molecule has 0 aromatic rings. The van der Waals surface area contributed by atoms with E-state index in [2.05, 4.69) is 16.7 Å². The van der Waals surface area contributed by atoms with Gasteiger partial charge in [0.2, 0.25) is 5.91 Å². The minimum atomic E-state index is -0.667. The molecule has 4 heteroatoms. The molecule has 2 N–H and O–H groups in total. The summed E-state index contributed by atoms with van der Waals surface area (Å²) in [6.07, 6.45) is 11.0. The molecule has 2 rings (SSSR count). The first kappa shape index (κ1) is 15.3. The van der Waals surface area contributed by atoms with Crippen LogP contribution in [0, 0.1) is 17.2 Å². The SMILES string of the molecule is C[C@](C#N)(NC(=O)CNC1CCCCCCC1)C1CC1. The van der Waals surface area contributed by atoms with Crippen molar-refractivity contribution in [1.29, 1.82) is 5.26 Å². The number of carbonyl (C=O) groups is 1. The third kappa shape index (κ3) is 4.49. The molecule has 0 aliphatic heterocycles. The number of hydrogen-bond acceptors (Lipinski definition) is 3. The molecule has 0 bridgehead atoms. The van der Waals surface area contributed by atoms with E-state index in [1.165, 1.54) is 44.9 Å². The molecule has 20 heavy (non-hydrogen) atoms. The zero-order valence-corrected chi connectivity index (χ0v) is 12.6. The molecule has 0 unspecified atom stereocenters. The van der Waals surface area contributed by atoms with E-state index in [-0.39, 0.29) is 5.91 Å². The summed E-state index contributed by atoms with van der Waals surface area (Å²) < 4.78 is 0. The molecule has 0 saturated heterocycles. The first-order valence-corrected chi connectivity index (χ1v) is 8.10. The van der Waals surface area contributed by atoms with Crippen molar-refractivity contribution >= 4 is 5.91 Å². The van der Waals surface area contributed by atoms with Gasteiger partial charge in [0.05, 0.1) is 12.6 Å². The van der Waals surface area contributed by atoms with Crippen LogP contribution in [0.1, 0.15) is 64.7 Å². The Morgan fingerprint density at radius 2 is 1.75 bits per heavy atom. The fraction of sp³-hybridized carbons (Fsp3) is 0.875. The van der Waals surface area contributed by atoms with Crippen LogP contribution in [0.4, 0.5) is 0 Å². The van der Waals surface area contributed by atoms with Crippen LogP contribution in [0.5, 0.6) is 0 Å². The Kier molecular flexibility index (Phi) is 5.42. The van der Waals surface area contributed by atoms with E-state index in [9.17, 15) is 10.1 Å². The Morgan fingerprint density at radius 3 is 2.30 bits per heavy atom. The molecule has 0 radical (unpaired) electrons. The fourth-order valence-corrected chi connectivity index (χ4v) is 3.11. The summed E-state index contributed by atoms with van der Waals surface area (Å²) in [5, 5.41) is 15.5. The maximum Gasteiger partial charge on any atom is 0.235 e. The van der Waals surface area contributed by atoms with E-state index in [1.807, 2.05) is 6.92 Å². The van der Waals surface area contributed by atoms with Crippen molar-refractivity contribution in [2.45, 2.75) is 76.3 Å². The van der Waals surface area contributed by atoms with Gasteiger partial charge in [-0.3, -0.25) is 4.79 Å². The molecule has 1 atom stereocenters. The highest BCUT2D eigenvalue weighted by atomic mass is 16.2. The second kappa shape index (κ2) is 7.08. The second-order valence-electron chi connectivity index (χ2n) is 6.56. The largest absolute Gasteiger partial charge is 0.337 e. The maximum absolute atomic E-state index is 12.0. The van der Waals surface area contributed by atoms with Crippen LogP contribution < -0.4 is 10.6 Å². The monoisotopic (exact) mass is 277 g/mol. The first-order chi connectivity index (χ1) is 9.64. The minimum Gasteiger partial charge on any atom is -0.337 e. The summed E-state index contributed by atoms with van der Waals surface area (Å²) in [6, 6.07) is 2.74. The fourth-order valence-electron chi connectivity index (χ4n) is 3.11. The summed E-state index contributed by atoms with van der Waals surface area (Å²) in [7, 11) is 0. The smallest absolute Gasteiger partial charge is 0.235 e. The standard InChI is InChI=1S/C16H27N3O/c1-16(12-17,13-9-10-13)19-15(20)11-18-14-7-5-3-2-4-6-8-14/h13-14,18H,2-11H2,1H3,(H,19,20)/t16-/m1/s1. The lowest BCUT2D eigenvalue weighted by Gasteiger charge is -2.25. The van der Waals surface area contributed by atoms with E-state index < -0.39 is 5.54 Å². The number of rotatable bonds is 5. The highest BCUT2D eigenvalue weighted by Gasteiger charge is 2.42. The first-order valence-electron chi connectivity index (χ1n) is 8.10. The van der Waals surface area contributed by atoms with Crippen molar-refractivity contribution in [1.82, 2.24) is 10.6 Å². The summed E-state index contributed by atoms with van der Waals surface area (Å²) in [6.45, 7) is 2.19. The van der Waals surface area contributed by atoms with Gasteiger partial charge in [0.1, 0.15) is 5.54 Å². The van der Waals surface area contributed by atoms with Crippen molar-refractivity contribution in [2.75, 3.05) is 6.54 Å². The van der Waals surface area contributed by atoms with E-state index in [4.69, 9.17) is 0 Å². The Labute approximate surface area is 122 Å². The normalized spacial score (nSPS) is 24.0. The Morgan fingerprint density at radius 1 is 1.15 bits per heavy atom. The highest BCUT2D eigenvalue weighted by Crippen LogP contribution is 2.39. The van der Waals surface area contributed by atoms with Crippen molar-refractivity contribution in [3.8, 4) is 6.07 Å². The van der Waals surface area contributed by atoms with E-state index in [0.29, 0.717) is 18.5 Å². The van der Waals surface area contributed by atoms with Crippen molar-refractivity contribution in [2.24, 2.45) is 5.92 Å². The van der Waals surface area contributed by atoms with E-state index >= 15 is 0 Å². The molecule has 112 valence electrons. The van der Waals surface area contributed by atoms with Gasteiger partial charge in [-0.2, -0.15) is 5.26 Å². The molecule has 2 fully saturated rings. The van der Waals surface area contributed by atoms with Crippen LogP contribution in [-0.4, -0.2) is 24.0 Å². The van der Waals surface area contributed by atoms with Gasteiger partial charge in [0.25, 0.3) is 0 Å². The molecule has 2 aliphatic carbocycles. The molecular formula is C16H27N3O. The van der Waals surface area contributed by atoms with E-state index in [1.54, 1.807) is 0 Å². The predicted molar refractivity (Wildman–Crippen MR) is 79.0 cm³/mol. The lowest BCUT2D eigenvalue weighted by atomic mass is 9.96. The van der Waals surface area contributed by atoms with Crippen LogP contribution >= 0.6 is 0 Å². The topological polar surface area (TPSA) is 64.9 Å². The maximum atomic E-state index is 12.0. The summed E-state index contributed by atoms with van der Waals surface area (Å²) in [5.41, 5.74) is -0.667. The summed E-state index contributed by atoms with van der Waals surface area (Å²) in [4.78, 5) is 12.0. The number of nitriles is 1. The molecule has 0 aromatic heterocycles. The van der Waals surface area contributed by atoms with Gasteiger partial charge in [-0.05, 0) is 38.5 Å². The summed E-state index contributed by atoms with van der Waals surface area (Å²) in [5.74, 6) is 0.306. The average molecular weight is 277 g/mol. The molecule has 1 amide bonds. The highest BCUT2D eigenvalue weighted by molar-refractivity contribution is 5.79. The number of nitrogens with zero attached hydrogens (tertiary/aromatic N) is 1. The number of hydrogen-bond donors (Lipinski definition) is 2. The van der Waals surface area contributed by atoms with Crippen LogP contribution in [0.2, 0.25) is 0 Å². The van der Waals surface area contributed by atoms with Gasteiger partial charge in [-0.1, -0.05) is 32.1 Å². The Hall–Kier alpha value is -1.08. The van der Waals surface area contributed by atoms with Crippen LogP contribution in [0.25, 0.3) is 0 Å². The lowest BCUT2D eigenvalue weighted by molar-refractivity contribution is -0.121. The third-order valence-electron chi connectivity index (χ3n) is 4.68. The zero-order chi connectivity index (χ0) is 14.4. The minimum absolute atomic E-state index is 0.0389. The third-order valence-corrected chi connectivity index (χ3v) is 4.68. The molecular weight excluding hydrogens is 250 g/mol. The molecule has 4 nitrogen and oxygen atoms in total. The van der Waals surface area contributed by atoms with Gasteiger partial charge < -0.3 is 10.6 Å². The number of amides is 1. The van der Waals surface area contributed by atoms with Gasteiger partial charge in [-0.25, -0.2) is 0 Å². The van der Waals surface area contributed by atoms with Crippen molar-refractivity contribution in [3.05, 3.63) is 0 Å². The Balaban J connectivity index is 1.72. The number of nitrogens with one attached hydrogen (secondary N) is 2. The predicted octanol–water partition coefficient (Wildman–Crippen LogP) is 2.50. The Bertz CT molecular complexity index is 364. The molecule has 0 heterocycles. The molecule has 2 saturated carbocycles. The average Bonchev–Trinajstić information content (AvgIpc) is 3.22. The molecule has 0 spiro atoms. The lowest BCUT2D eigenvalue weighted by Crippen LogP contribution is -2.50. The van der Waals surface area contributed by atoms with Crippen LogP contribution in [0.15, 0.2) is 0 Å². The molecule has 0 aromatic carbocycles. The molecule has 2 aliphatic rings. The van der Waals surface area contributed by atoms with Crippen LogP contribution in [-0.2, 0) is 4.79 Å². The number of carbonyl (C=O) groups excluding carboxylic acids is 1.